The number of halogens is 1. The Morgan fingerprint density at radius 3 is 3.00 bits per heavy atom. The number of carbonyl (C=O) groups is 1. The van der Waals surface area contributed by atoms with E-state index in [4.69, 9.17) is 0 Å². The maximum absolute atomic E-state index is 14.0. The minimum absolute atomic E-state index is 0.0644. The summed E-state index contributed by atoms with van der Waals surface area (Å²) in [7, 11) is 0. The minimum Gasteiger partial charge on any atom is -0.368 e. The van der Waals surface area contributed by atoms with Crippen molar-refractivity contribution in [3.63, 3.8) is 0 Å². The van der Waals surface area contributed by atoms with E-state index < -0.39 is 11.7 Å². The van der Waals surface area contributed by atoms with Crippen molar-refractivity contribution in [1.29, 1.82) is 0 Å². The van der Waals surface area contributed by atoms with Crippen LogP contribution in [0.5, 0.6) is 0 Å². The lowest BCUT2D eigenvalue weighted by molar-refractivity contribution is 0.0946. The molecule has 3 N–H and O–H groups in total. The Kier molecular flexibility index (Phi) is 4.01. The maximum atomic E-state index is 14.0. The quantitative estimate of drug-likeness (QED) is 0.738. The van der Waals surface area contributed by atoms with Crippen LogP contribution < -0.4 is 10.6 Å². The van der Waals surface area contributed by atoms with Gasteiger partial charge in [0.05, 0.1) is 12.1 Å². The van der Waals surface area contributed by atoms with E-state index in [2.05, 4.69) is 30.8 Å². The molecule has 0 bridgehead atoms. The summed E-state index contributed by atoms with van der Waals surface area (Å²) in [6, 6.07) is 1.33. The summed E-state index contributed by atoms with van der Waals surface area (Å²) >= 11 is 0. The zero-order chi connectivity index (χ0) is 13.7. The second-order valence-corrected chi connectivity index (χ2v) is 3.67. The molecule has 0 aromatic carbocycles. The number of hydrogen-bond acceptors (Lipinski definition) is 5. The largest absolute Gasteiger partial charge is 0.368 e. The number of hydrogen-bond donors (Lipinski definition) is 3. The second-order valence-electron chi connectivity index (χ2n) is 3.67. The molecule has 0 spiro atoms. The normalized spacial score (nSPS) is 10.2. The number of nitrogens with zero attached hydrogens (tertiary/aromatic N) is 3. The van der Waals surface area contributed by atoms with E-state index in [1.165, 1.54) is 18.6 Å². The van der Waals surface area contributed by atoms with Gasteiger partial charge in [0, 0.05) is 12.7 Å². The van der Waals surface area contributed by atoms with Crippen LogP contribution in [0.4, 0.5) is 10.2 Å². The smallest absolute Gasteiger partial charge is 0.254 e. The topological polar surface area (TPSA) is 95.6 Å². The number of carbonyl (C=O) groups excluding carboxylic acids is 1. The van der Waals surface area contributed by atoms with E-state index in [9.17, 15) is 9.18 Å². The predicted molar refractivity (Wildman–Crippen MR) is 65.9 cm³/mol. The van der Waals surface area contributed by atoms with Gasteiger partial charge in [-0.3, -0.25) is 9.89 Å². The van der Waals surface area contributed by atoms with Gasteiger partial charge in [-0.1, -0.05) is 0 Å². The fourth-order valence-electron chi connectivity index (χ4n) is 1.48. The van der Waals surface area contributed by atoms with E-state index in [1.807, 2.05) is 6.92 Å². The molecule has 1 amide bonds. The first-order valence-corrected chi connectivity index (χ1v) is 5.73. The van der Waals surface area contributed by atoms with Gasteiger partial charge in [0.15, 0.2) is 11.6 Å². The van der Waals surface area contributed by atoms with Crippen molar-refractivity contribution in [2.45, 2.75) is 13.5 Å². The molecule has 100 valence electrons. The lowest BCUT2D eigenvalue weighted by atomic mass is 10.2. The maximum Gasteiger partial charge on any atom is 0.254 e. The highest BCUT2D eigenvalue weighted by Crippen LogP contribution is 2.14. The summed E-state index contributed by atoms with van der Waals surface area (Å²) in [5.74, 6) is -0.639. The summed E-state index contributed by atoms with van der Waals surface area (Å²) in [5, 5.41) is 11.5. The van der Waals surface area contributed by atoms with Crippen LogP contribution in [0.25, 0.3) is 0 Å². The van der Waals surface area contributed by atoms with Crippen LogP contribution in [0.15, 0.2) is 18.6 Å². The van der Waals surface area contributed by atoms with Crippen molar-refractivity contribution in [1.82, 2.24) is 25.5 Å². The van der Waals surface area contributed by atoms with E-state index in [0.717, 1.165) is 0 Å². The number of amides is 1. The Bertz CT molecular complexity index is 556. The van der Waals surface area contributed by atoms with Gasteiger partial charge in [0.25, 0.3) is 5.91 Å². The lowest BCUT2D eigenvalue weighted by Gasteiger charge is -2.08. The second kappa shape index (κ2) is 5.89. The molecule has 2 rings (SSSR count). The molecule has 0 radical (unpaired) electrons. The molecular formula is C11H13FN6O. The zero-order valence-electron chi connectivity index (χ0n) is 10.3. The molecule has 2 aromatic heterocycles. The Labute approximate surface area is 108 Å². The number of rotatable bonds is 5. The van der Waals surface area contributed by atoms with Crippen LogP contribution in [-0.4, -0.2) is 32.6 Å². The molecule has 7 nitrogen and oxygen atoms in total. The SMILES string of the molecule is CCNc1nccc(C(=O)NCc2ncn[nH]2)c1F. The molecule has 0 aliphatic carbocycles. The fourth-order valence-corrected chi connectivity index (χ4v) is 1.48. The first-order chi connectivity index (χ1) is 9.22. The van der Waals surface area contributed by atoms with Crippen molar-refractivity contribution in [3.05, 3.63) is 35.8 Å². The van der Waals surface area contributed by atoms with Crippen LogP contribution >= 0.6 is 0 Å². The highest BCUT2D eigenvalue weighted by atomic mass is 19.1. The van der Waals surface area contributed by atoms with Gasteiger partial charge in [-0.15, -0.1) is 0 Å². The zero-order valence-corrected chi connectivity index (χ0v) is 10.3. The molecule has 0 fully saturated rings. The summed E-state index contributed by atoms with van der Waals surface area (Å²) in [6.45, 7) is 2.49. The van der Waals surface area contributed by atoms with Crippen molar-refractivity contribution >= 4 is 11.7 Å². The van der Waals surface area contributed by atoms with Gasteiger partial charge in [-0.25, -0.2) is 14.4 Å². The summed E-state index contributed by atoms with van der Waals surface area (Å²) in [4.78, 5) is 19.5. The molecule has 0 unspecified atom stereocenters. The van der Waals surface area contributed by atoms with Crippen LogP contribution in [0.2, 0.25) is 0 Å². The first-order valence-electron chi connectivity index (χ1n) is 5.73. The number of nitrogens with one attached hydrogen (secondary N) is 3. The van der Waals surface area contributed by atoms with Gasteiger partial charge >= 0.3 is 0 Å². The van der Waals surface area contributed by atoms with Gasteiger partial charge in [0.2, 0.25) is 0 Å². The van der Waals surface area contributed by atoms with Gasteiger partial charge < -0.3 is 10.6 Å². The van der Waals surface area contributed by atoms with Crippen LogP contribution in [0.3, 0.4) is 0 Å². The summed E-state index contributed by atoms with van der Waals surface area (Å²) in [6.07, 6.45) is 2.71. The molecule has 0 saturated carbocycles. The summed E-state index contributed by atoms with van der Waals surface area (Å²) in [5.41, 5.74) is -0.0644. The average molecular weight is 264 g/mol. The van der Waals surface area contributed by atoms with Crippen molar-refractivity contribution in [2.24, 2.45) is 0 Å². The molecule has 19 heavy (non-hydrogen) atoms. The summed E-state index contributed by atoms with van der Waals surface area (Å²) < 4.78 is 14.0. The molecular weight excluding hydrogens is 251 g/mol. The molecule has 0 aliphatic rings. The van der Waals surface area contributed by atoms with E-state index >= 15 is 0 Å². The monoisotopic (exact) mass is 264 g/mol. The van der Waals surface area contributed by atoms with E-state index in [0.29, 0.717) is 12.4 Å². The Hall–Kier alpha value is -2.51. The number of H-pyrrole nitrogens is 1. The molecule has 2 heterocycles. The Morgan fingerprint density at radius 2 is 2.32 bits per heavy atom. The minimum atomic E-state index is -0.667. The average Bonchev–Trinajstić information content (AvgIpc) is 2.92. The third-order valence-electron chi connectivity index (χ3n) is 2.36. The van der Waals surface area contributed by atoms with Crippen molar-refractivity contribution in [2.75, 3.05) is 11.9 Å². The number of pyridine rings is 1. The molecule has 8 heteroatoms. The standard InChI is InChI=1S/C11H13FN6O/c1-2-13-10-9(12)7(3-4-14-10)11(19)15-5-8-16-6-17-18-8/h3-4,6H,2,5H2,1H3,(H,13,14)(H,15,19)(H,16,17,18). The number of aromatic nitrogens is 4. The highest BCUT2D eigenvalue weighted by Gasteiger charge is 2.15. The first kappa shape index (κ1) is 12.9. The van der Waals surface area contributed by atoms with Crippen LogP contribution in [0, 0.1) is 5.82 Å². The van der Waals surface area contributed by atoms with Gasteiger partial charge in [0.1, 0.15) is 12.2 Å². The van der Waals surface area contributed by atoms with Crippen molar-refractivity contribution < 1.29 is 9.18 Å². The third kappa shape index (κ3) is 3.03. The van der Waals surface area contributed by atoms with Crippen LogP contribution in [0.1, 0.15) is 23.1 Å². The molecule has 0 saturated heterocycles. The van der Waals surface area contributed by atoms with Crippen LogP contribution in [-0.2, 0) is 6.54 Å². The van der Waals surface area contributed by atoms with E-state index in [1.54, 1.807) is 0 Å². The number of aromatic amines is 1. The third-order valence-corrected chi connectivity index (χ3v) is 2.36. The number of anilines is 1. The lowest BCUT2D eigenvalue weighted by Crippen LogP contribution is -2.25. The molecule has 0 atom stereocenters. The van der Waals surface area contributed by atoms with Gasteiger partial charge in [-0.05, 0) is 13.0 Å². The Morgan fingerprint density at radius 1 is 1.47 bits per heavy atom. The van der Waals surface area contributed by atoms with Gasteiger partial charge in [-0.2, -0.15) is 5.10 Å². The van der Waals surface area contributed by atoms with E-state index in [-0.39, 0.29) is 17.9 Å². The highest BCUT2D eigenvalue weighted by molar-refractivity contribution is 5.95. The molecule has 2 aromatic rings. The predicted octanol–water partition coefficient (Wildman–Crippen LogP) is 0.701. The fraction of sp³-hybridized carbons (Fsp3) is 0.273. The Balaban J connectivity index is 2.08. The van der Waals surface area contributed by atoms with Crippen molar-refractivity contribution in [3.8, 4) is 0 Å². The molecule has 0 aliphatic heterocycles.